The Hall–Kier alpha value is -8.24. The second-order valence-electron chi connectivity index (χ2n) is 18.5. The SMILES string of the molecule is C=C/C=C(\C=C/C)c1cccc(N(C2=C[C@@H](C)Cc3c2oc2ccccc32)c2ccc3c(c2)C(c2ccccc2)(c2ccccc2)c2cc(-c4ccc5sc6ccccc6c5c4)c(C=C)c(C=C)c2-3)c1. The Labute approximate surface area is 414 Å². The number of hydrogen-bond acceptors (Lipinski definition) is 3. The van der Waals surface area contributed by atoms with E-state index in [-0.39, 0.29) is 5.92 Å². The molecule has 0 radical (unpaired) electrons. The van der Waals surface area contributed by atoms with E-state index in [9.17, 15) is 0 Å². The average Bonchev–Trinajstić information content (AvgIpc) is 4.06. The molecule has 70 heavy (non-hydrogen) atoms. The van der Waals surface area contributed by atoms with Crippen molar-refractivity contribution in [1.29, 1.82) is 0 Å². The Bertz CT molecular complexity index is 3800. The van der Waals surface area contributed by atoms with Crippen LogP contribution >= 0.6 is 11.3 Å². The van der Waals surface area contributed by atoms with Gasteiger partial charge in [0.1, 0.15) is 5.58 Å². The van der Waals surface area contributed by atoms with Gasteiger partial charge in [0.05, 0.1) is 11.1 Å². The van der Waals surface area contributed by atoms with Crippen LogP contribution in [0.1, 0.15) is 64.1 Å². The zero-order chi connectivity index (χ0) is 47.5. The zero-order valence-electron chi connectivity index (χ0n) is 39.5. The lowest BCUT2D eigenvalue weighted by Gasteiger charge is -2.36. The summed E-state index contributed by atoms with van der Waals surface area (Å²) >= 11 is 1.84. The standard InChI is InChI=1S/C67H51NOS/c1-6-21-44(22-7-2)45-23-20-28-49(39-45)68(61-38-43(5)37-58-53-29-16-18-31-62(53)69-66(58)61)50-34-35-55-59(41-50)67(47-24-12-10-13-25-47,48-26-14-11-15-27-48)60-42-56(51(8-3)52(9-4)65(55)60)46-33-36-64-57(40-46)54-30-17-19-32-63(54)70-64/h6-36,38-43H,1,3-4,37H2,2,5H3/b22-7-,44-21+/t43-/m0/s1. The van der Waals surface area contributed by atoms with Gasteiger partial charge in [0.15, 0.2) is 5.76 Å². The Kier molecular flexibility index (Phi) is 10.7. The molecule has 0 N–H and O–H groups in total. The first-order valence-corrected chi connectivity index (χ1v) is 25.0. The van der Waals surface area contributed by atoms with E-state index in [0.717, 1.165) is 68.2 Å². The summed E-state index contributed by atoms with van der Waals surface area (Å²) in [6, 6.07) is 64.8. The largest absolute Gasteiger partial charge is 0.454 e. The van der Waals surface area contributed by atoms with Gasteiger partial charge in [-0.25, -0.2) is 0 Å². The summed E-state index contributed by atoms with van der Waals surface area (Å²) in [5.41, 5.74) is 18.3. The van der Waals surface area contributed by atoms with Crippen molar-refractivity contribution >= 4 is 77.3 Å². The minimum Gasteiger partial charge on any atom is -0.454 e. The molecule has 2 aliphatic carbocycles. The van der Waals surface area contributed by atoms with E-state index in [1.165, 1.54) is 64.5 Å². The number of benzene rings is 8. The lowest BCUT2D eigenvalue weighted by atomic mass is 9.67. The van der Waals surface area contributed by atoms with Crippen LogP contribution in [0, 0.1) is 5.92 Å². The van der Waals surface area contributed by atoms with Crippen LogP contribution in [0.2, 0.25) is 0 Å². The van der Waals surface area contributed by atoms with Gasteiger partial charge in [0.2, 0.25) is 0 Å². The van der Waals surface area contributed by atoms with Crippen LogP contribution in [0.15, 0.2) is 230 Å². The van der Waals surface area contributed by atoms with Gasteiger partial charge in [-0.15, -0.1) is 11.3 Å². The van der Waals surface area contributed by atoms with Gasteiger partial charge >= 0.3 is 0 Å². The second kappa shape index (κ2) is 17.4. The highest BCUT2D eigenvalue weighted by atomic mass is 32.1. The molecule has 336 valence electrons. The minimum absolute atomic E-state index is 0.261. The molecule has 0 bridgehead atoms. The molecule has 8 aromatic carbocycles. The van der Waals surface area contributed by atoms with Crippen molar-refractivity contribution in [3.63, 3.8) is 0 Å². The topological polar surface area (TPSA) is 16.4 Å². The van der Waals surface area contributed by atoms with Crippen LogP contribution in [0.3, 0.4) is 0 Å². The Morgan fingerprint density at radius 2 is 1.34 bits per heavy atom. The number of thiophene rings is 1. The number of hydrogen-bond donors (Lipinski definition) is 0. The van der Waals surface area contributed by atoms with Gasteiger partial charge in [-0.2, -0.15) is 0 Å². The molecule has 0 saturated carbocycles. The molecule has 10 aromatic rings. The van der Waals surface area contributed by atoms with Crippen LogP contribution in [-0.4, -0.2) is 0 Å². The van der Waals surface area contributed by atoms with Gasteiger partial charge < -0.3 is 9.32 Å². The number of anilines is 2. The van der Waals surface area contributed by atoms with Crippen molar-refractivity contribution in [2.24, 2.45) is 5.92 Å². The van der Waals surface area contributed by atoms with Crippen LogP contribution in [0.4, 0.5) is 11.4 Å². The molecule has 0 saturated heterocycles. The van der Waals surface area contributed by atoms with Crippen LogP contribution in [-0.2, 0) is 11.8 Å². The molecule has 2 nitrogen and oxygen atoms in total. The van der Waals surface area contributed by atoms with Crippen LogP contribution in [0.25, 0.3) is 76.8 Å². The number of para-hydroxylation sites is 1. The first-order chi connectivity index (χ1) is 34.4. The quantitative estimate of drug-likeness (QED) is 0.120. The Morgan fingerprint density at radius 1 is 0.643 bits per heavy atom. The highest BCUT2D eigenvalue weighted by molar-refractivity contribution is 7.25. The minimum atomic E-state index is -0.730. The molecule has 0 spiro atoms. The average molecular weight is 918 g/mol. The fourth-order valence-electron chi connectivity index (χ4n) is 11.6. The van der Waals surface area contributed by atoms with Gasteiger partial charge in [-0.3, -0.25) is 0 Å². The molecule has 0 fully saturated rings. The zero-order valence-corrected chi connectivity index (χ0v) is 40.3. The van der Waals surface area contributed by atoms with Gasteiger partial charge in [-0.1, -0.05) is 191 Å². The molecule has 0 aliphatic heterocycles. The van der Waals surface area contributed by atoms with E-state index >= 15 is 0 Å². The second-order valence-corrected chi connectivity index (χ2v) is 19.6. The normalized spacial score (nSPS) is 14.9. The van der Waals surface area contributed by atoms with Crippen LogP contribution in [0.5, 0.6) is 0 Å². The molecule has 2 aliphatic rings. The number of furan rings is 1. The first-order valence-electron chi connectivity index (χ1n) is 24.2. The predicted molar refractivity (Wildman–Crippen MR) is 301 cm³/mol. The maximum absolute atomic E-state index is 6.94. The summed E-state index contributed by atoms with van der Waals surface area (Å²) in [5, 5.41) is 3.71. The Morgan fingerprint density at radius 3 is 2.09 bits per heavy atom. The predicted octanol–water partition coefficient (Wildman–Crippen LogP) is 18.6. The summed E-state index contributed by atoms with van der Waals surface area (Å²) in [6.07, 6.45) is 15.5. The summed E-state index contributed by atoms with van der Waals surface area (Å²) < 4.78 is 9.51. The van der Waals surface area contributed by atoms with Crippen molar-refractivity contribution in [1.82, 2.24) is 0 Å². The lowest BCUT2D eigenvalue weighted by molar-refractivity contribution is 0.575. The number of fused-ring (bicyclic) bond motifs is 9. The number of nitrogens with zero attached hydrogens (tertiary/aromatic N) is 1. The van der Waals surface area contributed by atoms with E-state index < -0.39 is 5.41 Å². The van der Waals surface area contributed by atoms with E-state index in [4.69, 9.17) is 4.42 Å². The molecule has 3 heteroatoms. The van der Waals surface area contributed by atoms with E-state index in [1.807, 2.05) is 23.5 Å². The van der Waals surface area contributed by atoms with E-state index in [1.54, 1.807) is 0 Å². The summed E-state index contributed by atoms with van der Waals surface area (Å²) in [6.45, 7) is 17.5. The van der Waals surface area contributed by atoms with Crippen molar-refractivity contribution in [3.05, 3.63) is 276 Å². The third-order valence-electron chi connectivity index (χ3n) is 14.5. The highest BCUT2D eigenvalue weighted by Crippen LogP contribution is 2.60. The lowest BCUT2D eigenvalue weighted by Crippen LogP contribution is -2.29. The third kappa shape index (κ3) is 6.68. The highest BCUT2D eigenvalue weighted by Gasteiger charge is 2.48. The maximum Gasteiger partial charge on any atom is 0.155 e. The van der Waals surface area contributed by atoms with E-state index in [0.29, 0.717) is 0 Å². The maximum atomic E-state index is 6.94. The molecule has 12 rings (SSSR count). The van der Waals surface area contributed by atoms with Gasteiger partial charge in [-0.05, 0) is 141 Å². The fraction of sp³-hybridized carbons (Fsp3) is 0.0746. The molecule has 1 atom stereocenters. The van der Waals surface area contributed by atoms with Crippen molar-refractivity contribution in [3.8, 4) is 22.3 Å². The smallest absolute Gasteiger partial charge is 0.155 e. The number of rotatable bonds is 11. The third-order valence-corrected chi connectivity index (χ3v) is 15.6. The Balaban J connectivity index is 1.16. The molecule has 2 aromatic heterocycles. The summed E-state index contributed by atoms with van der Waals surface area (Å²) in [7, 11) is 0. The number of allylic oxidation sites excluding steroid dienone is 6. The fourth-order valence-corrected chi connectivity index (χ4v) is 12.7. The summed E-state index contributed by atoms with van der Waals surface area (Å²) in [4.78, 5) is 2.43. The first kappa shape index (κ1) is 43.1. The van der Waals surface area contributed by atoms with Crippen molar-refractivity contribution in [2.75, 3.05) is 4.90 Å². The van der Waals surface area contributed by atoms with E-state index in [2.05, 4.69) is 245 Å². The molecule has 0 unspecified atom stereocenters. The molecule has 0 amide bonds. The van der Waals surface area contributed by atoms with Gasteiger partial charge in [0, 0.05) is 42.5 Å². The monoisotopic (exact) mass is 917 g/mol. The molecular weight excluding hydrogens is 867 g/mol. The van der Waals surface area contributed by atoms with Gasteiger partial charge in [0.25, 0.3) is 0 Å². The summed E-state index contributed by atoms with van der Waals surface area (Å²) in [5.74, 6) is 1.17. The van der Waals surface area contributed by atoms with Crippen LogP contribution < -0.4 is 4.90 Å². The van der Waals surface area contributed by atoms with Crippen molar-refractivity contribution < 1.29 is 4.42 Å². The van der Waals surface area contributed by atoms with Crippen molar-refractivity contribution in [2.45, 2.75) is 25.7 Å². The molecule has 2 heterocycles. The molecular formula is C67H51NOS.